The first-order chi connectivity index (χ1) is 8.33. The molecule has 0 saturated heterocycles. The molecule has 0 radical (unpaired) electrons. The van der Waals surface area contributed by atoms with Gasteiger partial charge in [-0.3, -0.25) is 0 Å². The van der Waals surface area contributed by atoms with Crippen LogP contribution in [-0.4, -0.2) is 23.9 Å². The lowest BCUT2D eigenvalue weighted by atomic mass is 10.3. The normalized spacial score (nSPS) is 10.4. The third kappa shape index (κ3) is 2.90. The van der Waals surface area contributed by atoms with Gasteiger partial charge in [-0.05, 0) is 18.6 Å². The fraction of sp³-hybridized carbons (Fsp3) is 0.364. The van der Waals surface area contributed by atoms with Crippen molar-refractivity contribution in [2.45, 2.75) is 12.8 Å². The van der Waals surface area contributed by atoms with Gasteiger partial charge in [-0.25, -0.2) is 0 Å². The van der Waals surface area contributed by atoms with Crippen molar-refractivity contribution in [1.29, 1.82) is 5.26 Å². The summed E-state index contributed by atoms with van der Waals surface area (Å²) in [5.74, 6) is 1.15. The molecule has 0 spiro atoms. The van der Waals surface area contributed by atoms with E-state index in [1.54, 1.807) is 13.2 Å². The predicted molar refractivity (Wildman–Crippen MR) is 62.5 cm³/mol. The predicted octanol–water partition coefficient (Wildman–Crippen LogP) is 2.25. The Balaban J connectivity index is 2.05. The van der Waals surface area contributed by atoms with E-state index in [0.29, 0.717) is 23.2 Å². The van der Waals surface area contributed by atoms with Crippen molar-refractivity contribution in [1.82, 2.24) is 10.1 Å². The summed E-state index contributed by atoms with van der Waals surface area (Å²) in [6.45, 7) is 0.682. The number of rotatable bonds is 5. The van der Waals surface area contributed by atoms with Crippen molar-refractivity contribution >= 4 is 11.3 Å². The van der Waals surface area contributed by atoms with Crippen LogP contribution in [0.1, 0.15) is 17.1 Å². The van der Waals surface area contributed by atoms with E-state index in [1.165, 1.54) is 11.3 Å². The van der Waals surface area contributed by atoms with E-state index in [1.807, 2.05) is 6.07 Å². The highest BCUT2D eigenvalue weighted by molar-refractivity contribution is 7.15. The van der Waals surface area contributed by atoms with Crippen LogP contribution in [0.4, 0.5) is 0 Å². The number of aromatic nitrogens is 2. The average molecular weight is 249 g/mol. The van der Waals surface area contributed by atoms with Crippen LogP contribution in [-0.2, 0) is 11.2 Å². The number of hydrogen-bond donors (Lipinski definition) is 0. The van der Waals surface area contributed by atoms with Crippen molar-refractivity contribution in [3.8, 4) is 16.8 Å². The Morgan fingerprint density at radius 2 is 2.41 bits per heavy atom. The molecule has 2 heterocycles. The zero-order valence-electron chi connectivity index (χ0n) is 9.34. The van der Waals surface area contributed by atoms with Gasteiger partial charge in [-0.1, -0.05) is 5.16 Å². The Morgan fingerprint density at radius 1 is 1.53 bits per heavy atom. The van der Waals surface area contributed by atoms with E-state index >= 15 is 0 Å². The molecule has 2 aromatic rings. The van der Waals surface area contributed by atoms with E-state index in [-0.39, 0.29) is 0 Å². The molecule has 6 heteroatoms. The molecular formula is C11H11N3O2S. The van der Waals surface area contributed by atoms with E-state index < -0.39 is 0 Å². The molecule has 0 saturated carbocycles. The molecule has 5 nitrogen and oxygen atoms in total. The van der Waals surface area contributed by atoms with E-state index in [9.17, 15) is 0 Å². The molecule has 0 aliphatic carbocycles. The molecule has 0 unspecified atom stereocenters. The van der Waals surface area contributed by atoms with Crippen molar-refractivity contribution in [2.24, 2.45) is 0 Å². The summed E-state index contributed by atoms with van der Waals surface area (Å²) in [7, 11) is 1.66. The number of thiophene rings is 1. The molecule has 88 valence electrons. The third-order valence-electron chi connectivity index (χ3n) is 2.14. The summed E-state index contributed by atoms with van der Waals surface area (Å²) in [4.78, 5) is 5.73. The van der Waals surface area contributed by atoms with Crippen LogP contribution in [0.3, 0.4) is 0 Å². The highest BCUT2D eigenvalue weighted by Crippen LogP contribution is 2.26. The third-order valence-corrected chi connectivity index (χ3v) is 3.12. The number of aryl methyl sites for hydroxylation is 1. The second-order valence-corrected chi connectivity index (χ2v) is 4.47. The molecular weight excluding hydrogens is 238 g/mol. The standard InChI is InChI=1S/C11H11N3O2S/c1-15-6-2-3-10-13-11(16-14-10)9-5-4-8(7-12)17-9/h4-5H,2-3,6H2,1H3. The van der Waals surface area contributed by atoms with Crippen LogP contribution < -0.4 is 0 Å². The highest BCUT2D eigenvalue weighted by Gasteiger charge is 2.10. The van der Waals surface area contributed by atoms with Gasteiger partial charge in [-0.15, -0.1) is 11.3 Å². The minimum absolute atomic E-state index is 0.476. The molecule has 0 aliphatic heterocycles. The van der Waals surface area contributed by atoms with Crippen LogP contribution >= 0.6 is 11.3 Å². The smallest absolute Gasteiger partial charge is 0.268 e. The number of hydrogen-bond acceptors (Lipinski definition) is 6. The molecule has 0 N–H and O–H groups in total. The Bertz CT molecular complexity index is 527. The van der Waals surface area contributed by atoms with Crippen LogP contribution in [0.25, 0.3) is 10.8 Å². The van der Waals surface area contributed by atoms with Gasteiger partial charge in [0.25, 0.3) is 5.89 Å². The van der Waals surface area contributed by atoms with Crippen LogP contribution in [0.15, 0.2) is 16.7 Å². The van der Waals surface area contributed by atoms with Crippen LogP contribution in [0.2, 0.25) is 0 Å². The molecule has 2 rings (SSSR count). The summed E-state index contributed by atoms with van der Waals surface area (Å²) in [5.41, 5.74) is 0. The molecule has 0 aromatic carbocycles. The first-order valence-electron chi connectivity index (χ1n) is 5.15. The highest BCUT2D eigenvalue weighted by atomic mass is 32.1. The van der Waals surface area contributed by atoms with Crippen molar-refractivity contribution < 1.29 is 9.26 Å². The minimum atomic E-state index is 0.476. The number of nitriles is 1. The number of ether oxygens (including phenoxy) is 1. The van der Waals surface area contributed by atoms with Gasteiger partial charge >= 0.3 is 0 Å². The lowest BCUT2D eigenvalue weighted by Crippen LogP contribution is -1.94. The zero-order valence-corrected chi connectivity index (χ0v) is 10.2. The summed E-state index contributed by atoms with van der Waals surface area (Å²) in [6.07, 6.45) is 1.59. The SMILES string of the molecule is COCCCc1noc(-c2ccc(C#N)s2)n1. The summed E-state index contributed by atoms with van der Waals surface area (Å²) < 4.78 is 10.1. The minimum Gasteiger partial charge on any atom is -0.385 e. The van der Waals surface area contributed by atoms with Crippen LogP contribution in [0, 0.1) is 11.3 Å². The molecule has 2 aromatic heterocycles. The van der Waals surface area contributed by atoms with Gasteiger partial charge in [0, 0.05) is 20.1 Å². The second-order valence-electron chi connectivity index (χ2n) is 3.39. The largest absolute Gasteiger partial charge is 0.385 e. The maximum Gasteiger partial charge on any atom is 0.268 e. The fourth-order valence-electron chi connectivity index (χ4n) is 1.34. The van der Waals surface area contributed by atoms with E-state index in [0.717, 1.165) is 17.7 Å². The number of nitrogens with zero attached hydrogens (tertiary/aromatic N) is 3. The Hall–Kier alpha value is -1.71. The lowest BCUT2D eigenvalue weighted by molar-refractivity contribution is 0.194. The van der Waals surface area contributed by atoms with Crippen LogP contribution in [0.5, 0.6) is 0 Å². The maximum absolute atomic E-state index is 8.73. The monoisotopic (exact) mass is 249 g/mol. The molecule has 0 atom stereocenters. The molecule has 0 bridgehead atoms. The first kappa shape index (κ1) is 11.8. The molecule has 0 aliphatic rings. The van der Waals surface area contributed by atoms with E-state index in [4.69, 9.17) is 14.5 Å². The Morgan fingerprint density at radius 3 is 3.12 bits per heavy atom. The second kappa shape index (κ2) is 5.57. The molecule has 17 heavy (non-hydrogen) atoms. The fourth-order valence-corrected chi connectivity index (χ4v) is 2.07. The zero-order chi connectivity index (χ0) is 12.1. The topological polar surface area (TPSA) is 71.9 Å². The van der Waals surface area contributed by atoms with Crippen molar-refractivity contribution in [3.05, 3.63) is 22.8 Å². The Labute approximate surface area is 103 Å². The molecule has 0 amide bonds. The van der Waals surface area contributed by atoms with Gasteiger partial charge in [-0.2, -0.15) is 10.2 Å². The lowest BCUT2D eigenvalue weighted by Gasteiger charge is -1.92. The van der Waals surface area contributed by atoms with E-state index in [2.05, 4.69) is 16.2 Å². The quantitative estimate of drug-likeness (QED) is 0.760. The summed E-state index contributed by atoms with van der Waals surface area (Å²) in [6, 6.07) is 5.64. The number of methoxy groups -OCH3 is 1. The summed E-state index contributed by atoms with van der Waals surface area (Å²) >= 11 is 1.35. The first-order valence-corrected chi connectivity index (χ1v) is 5.97. The van der Waals surface area contributed by atoms with Gasteiger partial charge in [0.15, 0.2) is 5.82 Å². The van der Waals surface area contributed by atoms with Gasteiger partial charge in [0.05, 0.1) is 4.88 Å². The average Bonchev–Trinajstić information content (AvgIpc) is 2.97. The van der Waals surface area contributed by atoms with Gasteiger partial charge in [0.2, 0.25) is 0 Å². The summed E-state index contributed by atoms with van der Waals surface area (Å²) in [5, 5.41) is 12.6. The van der Waals surface area contributed by atoms with Gasteiger partial charge < -0.3 is 9.26 Å². The van der Waals surface area contributed by atoms with Gasteiger partial charge in [0.1, 0.15) is 10.9 Å². The molecule has 0 fully saturated rings. The van der Waals surface area contributed by atoms with Crippen molar-refractivity contribution in [2.75, 3.05) is 13.7 Å². The maximum atomic E-state index is 8.73. The van der Waals surface area contributed by atoms with Crippen molar-refractivity contribution in [3.63, 3.8) is 0 Å². The Kier molecular flexibility index (Phi) is 3.85.